The zero-order valence-corrected chi connectivity index (χ0v) is 13.9. The molecular formula is C21H16N2O3. The monoisotopic (exact) mass is 344 g/mol. The van der Waals surface area contributed by atoms with E-state index in [1.165, 1.54) is 0 Å². The molecule has 0 aliphatic rings. The van der Waals surface area contributed by atoms with Gasteiger partial charge in [-0.2, -0.15) is 0 Å². The van der Waals surface area contributed by atoms with Crippen molar-refractivity contribution in [3.63, 3.8) is 0 Å². The summed E-state index contributed by atoms with van der Waals surface area (Å²) < 4.78 is 9.95. The molecule has 0 bridgehead atoms. The third-order valence-corrected chi connectivity index (χ3v) is 3.65. The summed E-state index contributed by atoms with van der Waals surface area (Å²) in [7, 11) is 0. The van der Waals surface area contributed by atoms with Gasteiger partial charge in [0.15, 0.2) is 0 Å². The fraction of sp³-hybridized carbons (Fsp3) is 0.0476. The van der Waals surface area contributed by atoms with E-state index in [1.54, 1.807) is 42.7 Å². The number of nitriles is 1. The zero-order valence-electron chi connectivity index (χ0n) is 13.9. The fourth-order valence-electron chi connectivity index (χ4n) is 2.41. The molecule has 0 atom stereocenters. The van der Waals surface area contributed by atoms with E-state index in [0.717, 1.165) is 17.5 Å². The van der Waals surface area contributed by atoms with Crippen molar-refractivity contribution < 1.29 is 14.3 Å². The number of amides is 1. The van der Waals surface area contributed by atoms with E-state index in [0.29, 0.717) is 17.2 Å². The van der Waals surface area contributed by atoms with E-state index < -0.39 is 6.09 Å². The van der Waals surface area contributed by atoms with Crippen LogP contribution in [0.25, 0.3) is 0 Å². The van der Waals surface area contributed by atoms with Crippen LogP contribution >= 0.6 is 0 Å². The maximum absolute atomic E-state index is 11.9. The van der Waals surface area contributed by atoms with Crippen molar-refractivity contribution in [2.24, 2.45) is 0 Å². The predicted octanol–water partition coefficient (Wildman–Crippen LogP) is 4.75. The summed E-state index contributed by atoms with van der Waals surface area (Å²) in [6.07, 6.45) is 1.85. The molecule has 0 saturated heterocycles. The molecule has 0 spiro atoms. The number of carbonyl (C=O) groups is 1. The van der Waals surface area contributed by atoms with Crippen LogP contribution in [0.1, 0.15) is 11.1 Å². The number of rotatable bonds is 5. The highest BCUT2D eigenvalue weighted by atomic mass is 16.6. The Morgan fingerprint density at radius 2 is 1.46 bits per heavy atom. The van der Waals surface area contributed by atoms with E-state index in [1.807, 2.05) is 42.5 Å². The molecular weight excluding hydrogens is 328 g/mol. The molecule has 128 valence electrons. The van der Waals surface area contributed by atoms with E-state index >= 15 is 0 Å². The molecule has 0 aliphatic carbocycles. The summed E-state index contributed by atoms with van der Waals surface area (Å²) >= 11 is 0. The lowest BCUT2D eigenvalue weighted by atomic mass is 10.0. The molecule has 5 nitrogen and oxygen atoms in total. The summed E-state index contributed by atoms with van der Waals surface area (Å²) in [5, 5.41) is 11.2. The van der Waals surface area contributed by atoms with E-state index in [-0.39, 0.29) is 0 Å². The highest BCUT2D eigenvalue weighted by molar-refractivity contribution is 5.86. The molecule has 3 aromatic rings. The van der Waals surface area contributed by atoms with Gasteiger partial charge in [-0.1, -0.05) is 42.5 Å². The maximum Gasteiger partial charge on any atom is 0.417 e. The number of nitrogens with zero attached hydrogens (tertiary/aromatic N) is 1. The second kappa shape index (κ2) is 8.36. The highest BCUT2D eigenvalue weighted by Crippen LogP contribution is 2.17. The minimum Gasteiger partial charge on any atom is -0.410 e. The lowest BCUT2D eigenvalue weighted by Gasteiger charge is -2.08. The minimum atomic E-state index is -0.531. The van der Waals surface area contributed by atoms with Crippen molar-refractivity contribution in [3.05, 3.63) is 90.0 Å². The zero-order chi connectivity index (χ0) is 18.2. The van der Waals surface area contributed by atoms with Crippen LogP contribution in [-0.4, -0.2) is 6.09 Å². The van der Waals surface area contributed by atoms with Crippen LogP contribution in [0.3, 0.4) is 0 Å². The molecule has 0 aromatic heterocycles. The third kappa shape index (κ3) is 4.86. The van der Waals surface area contributed by atoms with Crippen LogP contribution in [0, 0.1) is 11.5 Å². The summed E-state index contributed by atoms with van der Waals surface area (Å²) in [6, 6.07) is 23.8. The van der Waals surface area contributed by atoms with Gasteiger partial charge in [-0.15, -0.1) is 5.26 Å². The molecule has 0 fully saturated rings. The molecule has 1 N–H and O–H groups in total. The summed E-state index contributed by atoms with van der Waals surface area (Å²) in [5.74, 6) is 1.01. The highest BCUT2D eigenvalue weighted by Gasteiger charge is 2.05. The van der Waals surface area contributed by atoms with Gasteiger partial charge in [0, 0.05) is 5.69 Å². The molecule has 1 amide bonds. The van der Waals surface area contributed by atoms with Gasteiger partial charge in [0.1, 0.15) is 11.5 Å². The molecule has 0 heterocycles. The van der Waals surface area contributed by atoms with Crippen LogP contribution in [0.2, 0.25) is 0 Å². The van der Waals surface area contributed by atoms with Crippen molar-refractivity contribution in [1.82, 2.24) is 0 Å². The maximum atomic E-state index is 11.9. The van der Waals surface area contributed by atoms with Crippen molar-refractivity contribution >= 4 is 11.8 Å². The predicted molar refractivity (Wildman–Crippen MR) is 98.0 cm³/mol. The first-order chi connectivity index (χ1) is 12.7. The van der Waals surface area contributed by atoms with Crippen LogP contribution in [-0.2, 0) is 6.42 Å². The van der Waals surface area contributed by atoms with Crippen molar-refractivity contribution in [1.29, 1.82) is 5.26 Å². The molecule has 26 heavy (non-hydrogen) atoms. The molecule has 0 saturated carbocycles. The van der Waals surface area contributed by atoms with Gasteiger partial charge in [0.25, 0.3) is 6.26 Å². The van der Waals surface area contributed by atoms with Crippen LogP contribution in [0.5, 0.6) is 11.5 Å². The Morgan fingerprint density at radius 3 is 2.08 bits per heavy atom. The summed E-state index contributed by atoms with van der Waals surface area (Å²) in [5.41, 5.74) is 2.85. The second-order valence-electron chi connectivity index (χ2n) is 5.54. The molecule has 3 aromatic carbocycles. The Kier molecular flexibility index (Phi) is 5.48. The number of anilines is 1. The van der Waals surface area contributed by atoms with Crippen molar-refractivity contribution in [3.8, 4) is 17.8 Å². The lowest BCUT2D eigenvalue weighted by Crippen LogP contribution is -2.16. The Hall–Kier alpha value is -3.78. The Labute approximate surface area is 151 Å². The van der Waals surface area contributed by atoms with E-state index in [2.05, 4.69) is 5.32 Å². The SMILES string of the molecule is N#COc1ccc(Cc2ccc(NC(=O)Oc3ccccc3)cc2)cc1. The van der Waals surface area contributed by atoms with Crippen molar-refractivity contribution in [2.75, 3.05) is 5.32 Å². The van der Waals surface area contributed by atoms with Gasteiger partial charge >= 0.3 is 6.09 Å². The van der Waals surface area contributed by atoms with Crippen LogP contribution in [0.15, 0.2) is 78.9 Å². The molecule has 3 rings (SSSR count). The summed E-state index contributed by atoms with van der Waals surface area (Å²) in [6.45, 7) is 0. The smallest absolute Gasteiger partial charge is 0.410 e. The quantitative estimate of drug-likeness (QED) is 0.678. The third-order valence-electron chi connectivity index (χ3n) is 3.65. The topological polar surface area (TPSA) is 71.3 Å². The number of hydrogen-bond acceptors (Lipinski definition) is 4. The normalized spacial score (nSPS) is 9.81. The standard InChI is InChI=1S/C21H16N2O3/c22-15-25-19-12-8-17(9-13-19)14-16-6-10-18(11-7-16)23-21(24)26-20-4-2-1-3-5-20/h1-13H,14H2,(H,23,24). The second-order valence-corrected chi connectivity index (χ2v) is 5.54. The molecule has 0 radical (unpaired) electrons. The minimum absolute atomic E-state index is 0.491. The number of benzene rings is 3. The van der Waals surface area contributed by atoms with Crippen molar-refractivity contribution in [2.45, 2.75) is 6.42 Å². The first-order valence-corrected chi connectivity index (χ1v) is 8.00. The van der Waals surface area contributed by atoms with Gasteiger partial charge in [0.2, 0.25) is 0 Å². The van der Waals surface area contributed by atoms with Gasteiger partial charge in [-0.05, 0) is 53.9 Å². The van der Waals surface area contributed by atoms with Gasteiger partial charge in [-0.25, -0.2) is 4.79 Å². The number of nitrogens with one attached hydrogen (secondary N) is 1. The molecule has 5 heteroatoms. The number of hydrogen-bond donors (Lipinski definition) is 1. The fourth-order valence-corrected chi connectivity index (χ4v) is 2.41. The van der Waals surface area contributed by atoms with E-state index in [9.17, 15) is 4.79 Å². The van der Waals surface area contributed by atoms with Crippen LogP contribution < -0.4 is 14.8 Å². The Bertz CT molecular complexity index is 899. The largest absolute Gasteiger partial charge is 0.417 e. The summed E-state index contributed by atoms with van der Waals surface area (Å²) in [4.78, 5) is 11.9. The van der Waals surface area contributed by atoms with Gasteiger partial charge in [-0.3, -0.25) is 5.32 Å². The molecule has 0 aliphatic heterocycles. The Balaban J connectivity index is 1.56. The van der Waals surface area contributed by atoms with Gasteiger partial charge < -0.3 is 9.47 Å². The number of carbonyl (C=O) groups excluding carboxylic acids is 1. The average Bonchev–Trinajstić information content (AvgIpc) is 2.66. The number of para-hydroxylation sites is 1. The van der Waals surface area contributed by atoms with E-state index in [4.69, 9.17) is 14.7 Å². The lowest BCUT2D eigenvalue weighted by molar-refractivity contribution is 0.215. The number of ether oxygens (including phenoxy) is 2. The average molecular weight is 344 g/mol. The molecule has 0 unspecified atom stereocenters. The Morgan fingerprint density at radius 1 is 0.846 bits per heavy atom. The van der Waals surface area contributed by atoms with Gasteiger partial charge in [0.05, 0.1) is 0 Å². The van der Waals surface area contributed by atoms with Crippen LogP contribution in [0.4, 0.5) is 10.5 Å². The first kappa shape index (κ1) is 17.1. The first-order valence-electron chi connectivity index (χ1n) is 8.00.